The van der Waals surface area contributed by atoms with E-state index >= 15 is 0 Å². The minimum Gasteiger partial charge on any atom is -0.325 e. The van der Waals surface area contributed by atoms with E-state index in [9.17, 15) is 22.8 Å². The average molecular weight is 484 g/mol. The van der Waals surface area contributed by atoms with Crippen LogP contribution in [0.1, 0.15) is 16.9 Å². The van der Waals surface area contributed by atoms with Crippen LogP contribution in [0.2, 0.25) is 0 Å². The summed E-state index contributed by atoms with van der Waals surface area (Å²) in [5, 5.41) is 7.00. The van der Waals surface area contributed by atoms with E-state index in [-0.39, 0.29) is 35.9 Å². The van der Waals surface area contributed by atoms with Crippen molar-refractivity contribution in [3.8, 4) is 0 Å². The Morgan fingerprint density at radius 2 is 1.73 bits per heavy atom. The Morgan fingerprint density at radius 3 is 2.33 bits per heavy atom. The number of nitrogens with zero attached hydrogens (tertiary/aromatic N) is 2. The second-order valence-corrected chi connectivity index (χ2v) is 10.2. The van der Waals surface area contributed by atoms with Crippen molar-refractivity contribution in [3.05, 3.63) is 82.6 Å². The molecule has 4 rings (SSSR count). The Kier molecular flexibility index (Phi) is 6.41. The van der Waals surface area contributed by atoms with Gasteiger partial charge in [-0.2, -0.15) is 0 Å². The van der Waals surface area contributed by atoms with Gasteiger partial charge < -0.3 is 4.90 Å². The molecule has 0 spiro atoms. The smallest absolute Gasteiger partial charge is 0.257 e. The molecule has 2 aromatic carbocycles. The van der Waals surface area contributed by atoms with Gasteiger partial charge in [0.25, 0.3) is 5.91 Å². The first-order valence-corrected chi connectivity index (χ1v) is 12.5. The Hall–Kier alpha value is -3.34. The van der Waals surface area contributed by atoms with Crippen LogP contribution in [0.15, 0.2) is 77.0 Å². The second kappa shape index (κ2) is 9.26. The molecule has 8 nitrogen and oxygen atoms in total. The molecule has 10 heteroatoms. The van der Waals surface area contributed by atoms with E-state index in [0.717, 1.165) is 15.3 Å². The molecule has 0 radical (unpaired) electrons. The molecule has 1 aromatic heterocycles. The van der Waals surface area contributed by atoms with Crippen molar-refractivity contribution in [1.82, 2.24) is 4.90 Å². The number of nitrogens with two attached hydrogens (primary N) is 1. The molecule has 2 N–H and O–H groups in total. The standard InChI is InChI=1S/C23H21N3O5S2/c24-33(30,31)19-10-8-17(9-11-19)26-22(28)14-20(23(26)29)25(15-18-7-4-12-32-18)21(27)13-16-5-2-1-3-6-16/h1-12,20H,13-15H2,(H2,24,30,31). The normalized spacial score (nSPS) is 16.3. The first-order valence-electron chi connectivity index (χ1n) is 10.1. The molecule has 0 bridgehead atoms. The zero-order valence-corrected chi connectivity index (χ0v) is 19.1. The highest BCUT2D eigenvalue weighted by Gasteiger charge is 2.44. The molecule has 33 heavy (non-hydrogen) atoms. The predicted molar refractivity (Wildman–Crippen MR) is 124 cm³/mol. The van der Waals surface area contributed by atoms with Gasteiger partial charge in [-0.3, -0.25) is 14.4 Å². The maximum atomic E-state index is 13.3. The Morgan fingerprint density at radius 1 is 1.03 bits per heavy atom. The molecule has 0 saturated carbocycles. The number of carbonyl (C=O) groups is 3. The van der Waals surface area contributed by atoms with E-state index in [4.69, 9.17) is 5.14 Å². The number of amides is 3. The lowest BCUT2D eigenvalue weighted by atomic mass is 10.1. The minimum atomic E-state index is -3.90. The molecule has 2 heterocycles. The Balaban J connectivity index is 1.61. The molecular formula is C23H21N3O5S2. The van der Waals surface area contributed by atoms with Gasteiger partial charge in [-0.1, -0.05) is 36.4 Å². The van der Waals surface area contributed by atoms with E-state index in [2.05, 4.69) is 0 Å². The summed E-state index contributed by atoms with van der Waals surface area (Å²) in [5.41, 5.74) is 1.04. The van der Waals surface area contributed by atoms with Gasteiger partial charge in [-0.25, -0.2) is 18.5 Å². The second-order valence-electron chi connectivity index (χ2n) is 7.59. The van der Waals surface area contributed by atoms with E-state index in [1.807, 2.05) is 47.8 Å². The Labute approximate surface area is 195 Å². The summed E-state index contributed by atoms with van der Waals surface area (Å²) in [6.07, 6.45) is -0.0467. The molecule has 1 aliphatic rings. The maximum absolute atomic E-state index is 13.3. The molecule has 3 amide bonds. The van der Waals surface area contributed by atoms with E-state index in [1.54, 1.807) is 0 Å². The molecular weight excluding hydrogens is 462 g/mol. The molecule has 1 atom stereocenters. The number of carbonyl (C=O) groups excluding carboxylic acids is 3. The molecule has 1 saturated heterocycles. The van der Waals surface area contributed by atoms with E-state index in [1.165, 1.54) is 40.5 Å². The van der Waals surface area contributed by atoms with E-state index in [0.29, 0.717) is 0 Å². The van der Waals surface area contributed by atoms with Crippen LogP contribution >= 0.6 is 11.3 Å². The fourth-order valence-electron chi connectivity index (χ4n) is 3.73. The zero-order valence-electron chi connectivity index (χ0n) is 17.5. The van der Waals surface area contributed by atoms with Crippen molar-refractivity contribution in [1.29, 1.82) is 0 Å². The van der Waals surface area contributed by atoms with Crippen molar-refractivity contribution in [3.63, 3.8) is 0 Å². The number of hydrogen-bond acceptors (Lipinski definition) is 6. The van der Waals surface area contributed by atoms with Crippen molar-refractivity contribution in [2.45, 2.75) is 30.3 Å². The van der Waals surface area contributed by atoms with E-state index < -0.39 is 27.9 Å². The third-order valence-corrected chi connectivity index (χ3v) is 7.14. The first kappa shape index (κ1) is 22.8. The van der Waals surface area contributed by atoms with Crippen LogP contribution in [-0.4, -0.2) is 37.1 Å². The van der Waals surface area contributed by atoms with Crippen LogP contribution < -0.4 is 10.0 Å². The molecule has 0 aliphatic carbocycles. The third-order valence-electron chi connectivity index (χ3n) is 5.35. The number of thiophene rings is 1. The summed E-state index contributed by atoms with van der Waals surface area (Å²) in [4.78, 5) is 42.6. The number of imide groups is 1. The van der Waals surface area contributed by atoms with Gasteiger partial charge in [0.05, 0.1) is 30.0 Å². The van der Waals surface area contributed by atoms with Gasteiger partial charge in [0.15, 0.2) is 0 Å². The van der Waals surface area contributed by atoms with Gasteiger partial charge in [0, 0.05) is 4.88 Å². The van der Waals surface area contributed by atoms with Crippen molar-refractivity contribution in [2.75, 3.05) is 4.90 Å². The summed E-state index contributed by atoms with van der Waals surface area (Å²) >= 11 is 1.46. The van der Waals surface area contributed by atoms with Crippen molar-refractivity contribution >= 4 is 44.8 Å². The van der Waals surface area contributed by atoms with Crippen LogP contribution in [0, 0.1) is 0 Å². The van der Waals surface area contributed by atoms with Crippen molar-refractivity contribution in [2.24, 2.45) is 5.14 Å². The minimum absolute atomic E-state index is 0.104. The summed E-state index contributed by atoms with van der Waals surface area (Å²) in [6, 6.07) is 17.2. The summed E-state index contributed by atoms with van der Waals surface area (Å²) in [7, 11) is -3.90. The predicted octanol–water partition coefficient (Wildman–Crippen LogP) is 2.30. The SMILES string of the molecule is NS(=O)(=O)c1ccc(N2C(=O)CC(N(Cc3cccs3)C(=O)Cc3ccccc3)C2=O)cc1. The van der Waals surface area contributed by atoms with Gasteiger partial charge in [0.1, 0.15) is 6.04 Å². The number of rotatable bonds is 7. The Bertz CT molecular complexity index is 1270. The highest BCUT2D eigenvalue weighted by atomic mass is 32.2. The van der Waals surface area contributed by atoms with Crippen LogP contribution in [-0.2, 0) is 37.4 Å². The molecule has 170 valence electrons. The summed E-state index contributed by atoms with van der Waals surface area (Å²) in [6.45, 7) is 0.214. The zero-order chi connectivity index (χ0) is 23.6. The average Bonchev–Trinajstić information content (AvgIpc) is 3.39. The van der Waals surface area contributed by atoms with Gasteiger partial charge in [-0.05, 0) is 41.3 Å². The van der Waals surface area contributed by atoms with Gasteiger partial charge in [-0.15, -0.1) is 11.3 Å². The molecule has 1 unspecified atom stereocenters. The monoisotopic (exact) mass is 483 g/mol. The third kappa shape index (κ3) is 5.03. The number of sulfonamides is 1. The molecule has 1 aliphatic heterocycles. The van der Waals surface area contributed by atoms with Crippen molar-refractivity contribution < 1.29 is 22.8 Å². The molecule has 1 fully saturated rings. The summed E-state index contributed by atoms with van der Waals surface area (Å²) in [5.74, 6) is -1.24. The lowest BCUT2D eigenvalue weighted by Crippen LogP contribution is -2.45. The number of anilines is 1. The maximum Gasteiger partial charge on any atom is 0.257 e. The topological polar surface area (TPSA) is 118 Å². The van der Waals surface area contributed by atoms with Gasteiger partial charge in [0.2, 0.25) is 21.8 Å². The number of primary sulfonamides is 1. The first-order chi connectivity index (χ1) is 15.7. The fraction of sp³-hybridized carbons (Fsp3) is 0.174. The fourth-order valence-corrected chi connectivity index (χ4v) is 4.95. The number of hydrogen-bond donors (Lipinski definition) is 1. The van der Waals surface area contributed by atoms with Crippen LogP contribution in [0.5, 0.6) is 0 Å². The molecule has 3 aromatic rings. The lowest BCUT2D eigenvalue weighted by molar-refractivity contribution is -0.138. The van der Waals surface area contributed by atoms with Crippen LogP contribution in [0.4, 0.5) is 5.69 Å². The summed E-state index contributed by atoms with van der Waals surface area (Å²) < 4.78 is 23.0. The quantitative estimate of drug-likeness (QED) is 0.518. The van der Waals surface area contributed by atoms with Crippen LogP contribution in [0.3, 0.4) is 0 Å². The number of benzene rings is 2. The van der Waals surface area contributed by atoms with Gasteiger partial charge >= 0.3 is 0 Å². The highest BCUT2D eigenvalue weighted by Crippen LogP contribution is 2.28. The highest BCUT2D eigenvalue weighted by molar-refractivity contribution is 7.89. The largest absolute Gasteiger partial charge is 0.325 e. The lowest BCUT2D eigenvalue weighted by Gasteiger charge is -2.27. The van der Waals surface area contributed by atoms with Crippen LogP contribution in [0.25, 0.3) is 0 Å².